The van der Waals surface area contributed by atoms with Crippen LogP contribution < -0.4 is 5.32 Å². The van der Waals surface area contributed by atoms with Crippen molar-refractivity contribution in [2.45, 2.75) is 43.7 Å². The maximum absolute atomic E-state index is 13.5. The molecule has 4 rings (SSSR count). The van der Waals surface area contributed by atoms with Crippen LogP contribution in [0.2, 0.25) is 5.02 Å². The zero-order valence-electron chi connectivity index (χ0n) is 16.3. The molecule has 2 aromatic carbocycles. The molecule has 2 fully saturated rings. The van der Waals surface area contributed by atoms with Gasteiger partial charge in [0, 0.05) is 29.2 Å². The van der Waals surface area contributed by atoms with E-state index < -0.39 is 5.60 Å². The molecule has 2 aliphatic rings. The van der Waals surface area contributed by atoms with Crippen LogP contribution in [0.4, 0.5) is 10.1 Å². The summed E-state index contributed by atoms with van der Waals surface area (Å²) in [6.07, 6.45) is 4.45. The third kappa shape index (κ3) is 4.47. The van der Waals surface area contributed by atoms with Gasteiger partial charge in [-0.25, -0.2) is 4.39 Å². The Morgan fingerprint density at radius 2 is 1.86 bits per heavy atom. The summed E-state index contributed by atoms with van der Waals surface area (Å²) in [6, 6.07) is 13.4. The summed E-state index contributed by atoms with van der Waals surface area (Å²) in [4.78, 5) is 14.9. The van der Waals surface area contributed by atoms with E-state index in [2.05, 4.69) is 10.2 Å². The number of anilines is 1. The van der Waals surface area contributed by atoms with E-state index in [1.807, 2.05) is 0 Å². The van der Waals surface area contributed by atoms with Crippen molar-refractivity contribution in [2.24, 2.45) is 5.92 Å². The third-order valence-electron chi connectivity index (χ3n) is 6.36. The quantitative estimate of drug-likeness (QED) is 0.753. The molecule has 29 heavy (non-hydrogen) atoms. The highest BCUT2D eigenvalue weighted by atomic mass is 35.5. The lowest BCUT2D eigenvalue weighted by atomic mass is 9.66. The summed E-state index contributed by atoms with van der Waals surface area (Å²) >= 11 is 5.91. The Morgan fingerprint density at radius 3 is 2.59 bits per heavy atom. The van der Waals surface area contributed by atoms with Crippen LogP contribution in [0, 0.1) is 11.7 Å². The number of nitrogens with zero attached hydrogens (tertiary/aromatic N) is 1. The molecule has 1 amide bonds. The molecule has 6 heteroatoms. The first-order chi connectivity index (χ1) is 13.9. The molecule has 2 N–H and O–H groups in total. The summed E-state index contributed by atoms with van der Waals surface area (Å²) < 4.78 is 13.5. The first-order valence-electron chi connectivity index (χ1n) is 10.2. The Kier molecular flexibility index (Phi) is 5.91. The lowest BCUT2D eigenvalue weighted by molar-refractivity contribution is -0.135. The molecule has 0 bridgehead atoms. The Labute approximate surface area is 175 Å². The van der Waals surface area contributed by atoms with Gasteiger partial charge in [-0.2, -0.15) is 0 Å². The highest BCUT2D eigenvalue weighted by Crippen LogP contribution is 2.49. The fourth-order valence-corrected chi connectivity index (χ4v) is 5.07. The number of piperidine rings is 1. The molecule has 1 aliphatic carbocycles. The standard InChI is InChI=1S/C23H26ClFN2O2/c24-17-6-10-19(11-7-17)26-21(28)15-27-14-13-23(29)12-2-1-3-20(23)22(27)16-4-8-18(25)9-5-16/h4-11,20,22,29H,1-3,12-15H2,(H,26,28)/t20-,22+,23+/m1/s1. The Hall–Kier alpha value is -1.95. The average molecular weight is 417 g/mol. The van der Waals surface area contributed by atoms with E-state index in [-0.39, 0.29) is 30.2 Å². The van der Waals surface area contributed by atoms with Gasteiger partial charge in [-0.3, -0.25) is 9.69 Å². The van der Waals surface area contributed by atoms with E-state index in [0.29, 0.717) is 23.7 Å². The molecule has 4 nitrogen and oxygen atoms in total. The predicted octanol–water partition coefficient (Wildman–Crippen LogP) is 4.79. The molecular weight excluding hydrogens is 391 g/mol. The van der Waals surface area contributed by atoms with Gasteiger partial charge < -0.3 is 10.4 Å². The second kappa shape index (κ2) is 8.42. The second-order valence-corrected chi connectivity index (χ2v) is 8.66. The SMILES string of the molecule is O=C(CN1CC[C@@]2(O)CCCC[C@@H]2[C@@H]1c1ccc(F)cc1)Nc1ccc(Cl)cc1. The number of rotatable bonds is 4. The number of nitrogens with one attached hydrogen (secondary N) is 1. The van der Waals surface area contributed by atoms with Crippen molar-refractivity contribution in [3.05, 3.63) is 64.9 Å². The van der Waals surface area contributed by atoms with Crippen molar-refractivity contribution < 1.29 is 14.3 Å². The van der Waals surface area contributed by atoms with Gasteiger partial charge in [-0.1, -0.05) is 36.6 Å². The van der Waals surface area contributed by atoms with Gasteiger partial charge >= 0.3 is 0 Å². The number of likely N-dealkylation sites (tertiary alicyclic amines) is 1. The molecule has 1 heterocycles. The number of halogens is 2. The first kappa shape index (κ1) is 20.3. The lowest BCUT2D eigenvalue weighted by Crippen LogP contribution is -2.56. The zero-order chi connectivity index (χ0) is 20.4. The number of benzene rings is 2. The van der Waals surface area contributed by atoms with E-state index in [4.69, 9.17) is 11.6 Å². The highest BCUT2D eigenvalue weighted by molar-refractivity contribution is 6.30. The molecule has 0 unspecified atom stereocenters. The van der Waals surface area contributed by atoms with E-state index in [1.165, 1.54) is 12.1 Å². The summed E-state index contributed by atoms with van der Waals surface area (Å²) in [6.45, 7) is 0.848. The normalized spacial score (nSPS) is 27.3. The van der Waals surface area contributed by atoms with Crippen molar-refractivity contribution in [3.63, 3.8) is 0 Å². The molecule has 0 aromatic heterocycles. The van der Waals surface area contributed by atoms with Crippen molar-refractivity contribution in [1.29, 1.82) is 0 Å². The average Bonchev–Trinajstić information content (AvgIpc) is 2.70. The van der Waals surface area contributed by atoms with Crippen molar-refractivity contribution in [2.75, 3.05) is 18.4 Å². The number of amides is 1. The van der Waals surface area contributed by atoms with Crippen molar-refractivity contribution in [1.82, 2.24) is 4.90 Å². The number of aliphatic hydroxyl groups is 1. The van der Waals surface area contributed by atoms with Crippen LogP contribution >= 0.6 is 11.6 Å². The lowest BCUT2D eigenvalue weighted by Gasteiger charge is -2.52. The van der Waals surface area contributed by atoms with Crippen LogP contribution in [0.15, 0.2) is 48.5 Å². The van der Waals surface area contributed by atoms with Crippen molar-refractivity contribution >= 4 is 23.2 Å². The Balaban J connectivity index is 1.56. The van der Waals surface area contributed by atoms with Gasteiger partial charge in [0.2, 0.25) is 5.91 Å². The first-order valence-corrected chi connectivity index (χ1v) is 10.6. The number of hydrogen-bond acceptors (Lipinski definition) is 3. The minimum atomic E-state index is -0.708. The summed E-state index contributed by atoms with van der Waals surface area (Å²) in [5, 5.41) is 14.8. The smallest absolute Gasteiger partial charge is 0.238 e. The van der Waals surface area contributed by atoms with Gasteiger partial charge in [0.25, 0.3) is 0 Å². The molecule has 0 radical (unpaired) electrons. The van der Waals surface area contributed by atoms with Gasteiger partial charge in [0.15, 0.2) is 0 Å². The van der Waals surface area contributed by atoms with Crippen molar-refractivity contribution in [3.8, 4) is 0 Å². The second-order valence-electron chi connectivity index (χ2n) is 8.23. The van der Waals surface area contributed by atoms with Crippen LogP contribution in [-0.4, -0.2) is 34.6 Å². The monoisotopic (exact) mass is 416 g/mol. The molecule has 1 aliphatic heterocycles. The molecule has 1 saturated carbocycles. The fraction of sp³-hybridized carbons (Fsp3) is 0.435. The van der Waals surface area contributed by atoms with Crippen LogP contribution in [0.1, 0.15) is 43.7 Å². The largest absolute Gasteiger partial charge is 0.389 e. The van der Waals surface area contributed by atoms with E-state index in [0.717, 1.165) is 31.2 Å². The van der Waals surface area contributed by atoms with E-state index in [1.54, 1.807) is 36.4 Å². The summed E-state index contributed by atoms with van der Waals surface area (Å²) in [7, 11) is 0. The summed E-state index contributed by atoms with van der Waals surface area (Å²) in [5.74, 6) is -0.352. The number of carbonyl (C=O) groups is 1. The van der Waals surface area contributed by atoms with Crippen LogP contribution in [0.3, 0.4) is 0 Å². The Bertz CT molecular complexity index is 858. The topological polar surface area (TPSA) is 52.6 Å². The number of carbonyl (C=O) groups excluding carboxylic acids is 1. The Morgan fingerprint density at radius 1 is 1.14 bits per heavy atom. The molecule has 1 saturated heterocycles. The molecular formula is C23H26ClFN2O2. The van der Waals surface area contributed by atoms with Gasteiger partial charge in [-0.15, -0.1) is 0 Å². The zero-order valence-corrected chi connectivity index (χ0v) is 17.0. The van der Waals surface area contributed by atoms with E-state index >= 15 is 0 Å². The minimum Gasteiger partial charge on any atom is -0.389 e. The molecule has 3 atom stereocenters. The molecule has 154 valence electrons. The summed E-state index contributed by atoms with van der Waals surface area (Å²) in [5.41, 5.74) is 0.945. The van der Waals surface area contributed by atoms with E-state index in [9.17, 15) is 14.3 Å². The third-order valence-corrected chi connectivity index (χ3v) is 6.61. The maximum atomic E-state index is 13.5. The van der Waals surface area contributed by atoms with Crippen LogP contribution in [0.25, 0.3) is 0 Å². The van der Waals surface area contributed by atoms with Crippen LogP contribution in [0.5, 0.6) is 0 Å². The van der Waals surface area contributed by atoms with Gasteiger partial charge in [0.1, 0.15) is 5.82 Å². The van der Waals surface area contributed by atoms with Gasteiger partial charge in [-0.05, 0) is 61.2 Å². The minimum absolute atomic E-state index is 0.0405. The predicted molar refractivity (Wildman–Crippen MR) is 112 cm³/mol. The van der Waals surface area contributed by atoms with Crippen LogP contribution in [-0.2, 0) is 4.79 Å². The number of fused-ring (bicyclic) bond motifs is 1. The highest BCUT2D eigenvalue weighted by Gasteiger charge is 2.49. The van der Waals surface area contributed by atoms with Gasteiger partial charge in [0.05, 0.1) is 12.1 Å². The molecule has 2 aromatic rings. The number of hydrogen-bond donors (Lipinski definition) is 2. The fourth-order valence-electron chi connectivity index (χ4n) is 4.94. The molecule has 0 spiro atoms. The maximum Gasteiger partial charge on any atom is 0.238 e.